The topological polar surface area (TPSA) is 58.6 Å². The normalized spacial score (nSPS) is 18.3. The van der Waals surface area contributed by atoms with E-state index < -0.39 is 11.7 Å². The minimum absolute atomic E-state index is 0.221. The maximum atomic E-state index is 12.9. The fourth-order valence-electron chi connectivity index (χ4n) is 4.46. The lowest BCUT2D eigenvalue weighted by Crippen LogP contribution is -2.44. The highest BCUT2D eigenvalue weighted by Crippen LogP contribution is 2.41. The standard InChI is InChI=1S/C24H34N2O3/c1-5-21-20-16-17-10-6-7-11-18(17)19(20)13-15-26(21)22(27)12-8-9-14-25-23(28)29-24(2,3)4/h6-7,10-11,21H,5,8-9,12-16H2,1-4H3,(H,25,28). The van der Waals surface area contributed by atoms with Gasteiger partial charge < -0.3 is 15.0 Å². The summed E-state index contributed by atoms with van der Waals surface area (Å²) in [5.41, 5.74) is 5.22. The lowest BCUT2D eigenvalue weighted by molar-refractivity contribution is -0.133. The molecule has 0 spiro atoms. The van der Waals surface area contributed by atoms with E-state index in [2.05, 4.69) is 41.4 Å². The highest BCUT2D eigenvalue weighted by molar-refractivity contribution is 5.83. The molecule has 0 radical (unpaired) electrons. The molecule has 1 aromatic carbocycles. The van der Waals surface area contributed by atoms with Crippen molar-refractivity contribution in [1.29, 1.82) is 0 Å². The van der Waals surface area contributed by atoms with E-state index in [0.717, 1.165) is 38.6 Å². The molecule has 0 saturated heterocycles. The van der Waals surface area contributed by atoms with Crippen molar-refractivity contribution in [3.05, 3.63) is 41.0 Å². The molecule has 1 N–H and O–H groups in total. The minimum Gasteiger partial charge on any atom is -0.444 e. The number of rotatable bonds is 6. The molecule has 2 aliphatic rings. The fraction of sp³-hybridized carbons (Fsp3) is 0.583. The lowest BCUT2D eigenvalue weighted by atomic mass is 9.91. The molecule has 1 aromatic rings. The molecule has 0 saturated carbocycles. The summed E-state index contributed by atoms with van der Waals surface area (Å²) in [5.74, 6) is 0.233. The molecule has 0 aromatic heterocycles. The molecular weight excluding hydrogens is 364 g/mol. The average molecular weight is 399 g/mol. The first-order valence-corrected chi connectivity index (χ1v) is 10.9. The number of alkyl carbamates (subject to hydrolysis) is 1. The number of ether oxygens (including phenoxy) is 1. The molecule has 2 amide bonds. The van der Waals surface area contributed by atoms with Gasteiger partial charge in [-0.2, -0.15) is 0 Å². The van der Waals surface area contributed by atoms with Crippen LogP contribution in [0, 0.1) is 0 Å². The third kappa shape index (κ3) is 5.20. The van der Waals surface area contributed by atoms with Gasteiger partial charge in [-0.25, -0.2) is 4.79 Å². The number of unbranched alkanes of at least 4 members (excludes halogenated alkanes) is 1. The van der Waals surface area contributed by atoms with E-state index in [1.807, 2.05) is 20.8 Å². The summed E-state index contributed by atoms with van der Waals surface area (Å²) in [6, 6.07) is 8.87. The van der Waals surface area contributed by atoms with Crippen LogP contribution in [-0.4, -0.2) is 41.6 Å². The van der Waals surface area contributed by atoms with Crippen LogP contribution in [0.15, 0.2) is 29.8 Å². The third-order valence-corrected chi connectivity index (χ3v) is 5.68. The fourth-order valence-corrected chi connectivity index (χ4v) is 4.46. The Bertz CT molecular complexity index is 792. The van der Waals surface area contributed by atoms with Crippen molar-refractivity contribution < 1.29 is 14.3 Å². The van der Waals surface area contributed by atoms with Crippen molar-refractivity contribution in [2.75, 3.05) is 13.1 Å². The van der Waals surface area contributed by atoms with E-state index in [1.165, 1.54) is 22.3 Å². The largest absolute Gasteiger partial charge is 0.444 e. The molecule has 1 aliphatic heterocycles. The second kappa shape index (κ2) is 9.02. The Balaban J connectivity index is 1.48. The lowest BCUT2D eigenvalue weighted by Gasteiger charge is -2.37. The molecule has 1 aliphatic carbocycles. The number of carbonyl (C=O) groups excluding carboxylic acids is 2. The predicted molar refractivity (Wildman–Crippen MR) is 116 cm³/mol. The van der Waals surface area contributed by atoms with Crippen LogP contribution in [0.3, 0.4) is 0 Å². The highest BCUT2D eigenvalue weighted by atomic mass is 16.6. The second-order valence-corrected chi connectivity index (χ2v) is 8.98. The van der Waals surface area contributed by atoms with Crippen LogP contribution in [0.5, 0.6) is 0 Å². The van der Waals surface area contributed by atoms with Gasteiger partial charge in [0.15, 0.2) is 0 Å². The number of hydrogen-bond donors (Lipinski definition) is 1. The van der Waals surface area contributed by atoms with E-state index in [1.54, 1.807) is 0 Å². The zero-order valence-electron chi connectivity index (χ0n) is 18.2. The first-order valence-electron chi connectivity index (χ1n) is 10.9. The van der Waals surface area contributed by atoms with Gasteiger partial charge in [-0.15, -0.1) is 0 Å². The Hall–Kier alpha value is -2.30. The Morgan fingerprint density at radius 2 is 1.97 bits per heavy atom. The monoisotopic (exact) mass is 398 g/mol. The number of fused-ring (bicyclic) bond motifs is 2. The first-order chi connectivity index (χ1) is 13.8. The predicted octanol–water partition coefficient (Wildman–Crippen LogP) is 4.70. The quantitative estimate of drug-likeness (QED) is 0.707. The van der Waals surface area contributed by atoms with Gasteiger partial charge in [-0.1, -0.05) is 31.2 Å². The van der Waals surface area contributed by atoms with Crippen molar-refractivity contribution in [3.8, 4) is 0 Å². The molecule has 5 heteroatoms. The Morgan fingerprint density at radius 1 is 1.21 bits per heavy atom. The molecule has 0 fully saturated rings. The molecule has 1 atom stereocenters. The molecule has 1 unspecified atom stereocenters. The summed E-state index contributed by atoms with van der Waals surface area (Å²) >= 11 is 0. The van der Waals surface area contributed by atoms with Crippen molar-refractivity contribution in [1.82, 2.24) is 10.2 Å². The molecule has 29 heavy (non-hydrogen) atoms. The third-order valence-electron chi connectivity index (χ3n) is 5.68. The van der Waals surface area contributed by atoms with Crippen LogP contribution in [-0.2, 0) is 16.0 Å². The van der Waals surface area contributed by atoms with Crippen molar-refractivity contribution in [3.63, 3.8) is 0 Å². The summed E-state index contributed by atoms with van der Waals surface area (Å²) < 4.78 is 5.23. The SMILES string of the molecule is CCC1C2=C(CCN1C(=O)CCCCNC(=O)OC(C)(C)C)c1ccccc1C2. The summed E-state index contributed by atoms with van der Waals surface area (Å²) in [6.07, 6.45) is 4.57. The average Bonchev–Trinajstić information content (AvgIpc) is 3.04. The molecule has 0 bridgehead atoms. The van der Waals surface area contributed by atoms with Gasteiger partial charge >= 0.3 is 6.09 Å². The second-order valence-electron chi connectivity index (χ2n) is 8.98. The number of amides is 2. The number of nitrogens with zero attached hydrogens (tertiary/aromatic N) is 1. The summed E-state index contributed by atoms with van der Waals surface area (Å²) in [6.45, 7) is 9.05. The molecule has 1 heterocycles. The first kappa shape index (κ1) is 21.4. The Kier molecular flexibility index (Phi) is 6.66. The summed E-state index contributed by atoms with van der Waals surface area (Å²) in [5, 5.41) is 2.76. The number of benzene rings is 1. The van der Waals surface area contributed by atoms with E-state index in [0.29, 0.717) is 13.0 Å². The van der Waals surface area contributed by atoms with Crippen LogP contribution in [0.25, 0.3) is 5.57 Å². The van der Waals surface area contributed by atoms with Crippen LogP contribution >= 0.6 is 0 Å². The molecule has 3 rings (SSSR count). The number of hydrogen-bond acceptors (Lipinski definition) is 3. The van der Waals surface area contributed by atoms with E-state index in [-0.39, 0.29) is 11.9 Å². The zero-order chi connectivity index (χ0) is 21.0. The van der Waals surface area contributed by atoms with Crippen molar-refractivity contribution in [2.45, 2.75) is 77.9 Å². The van der Waals surface area contributed by atoms with E-state index >= 15 is 0 Å². The van der Waals surface area contributed by atoms with Crippen LogP contribution in [0.1, 0.15) is 70.9 Å². The molecule has 158 valence electrons. The van der Waals surface area contributed by atoms with Crippen LogP contribution < -0.4 is 5.32 Å². The smallest absolute Gasteiger partial charge is 0.407 e. The zero-order valence-corrected chi connectivity index (χ0v) is 18.2. The van der Waals surface area contributed by atoms with E-state index in [9.17, 15) is 9.59 Å². The van der Waals surface area contributed by atoms with Crippen molar-refractivity contribution >= 4 is 17.6 Å². The molecule has 5 nitrogen and oxygen atoms in total. The molecular formula is C24H34N2O3. The van der Waals surface area contributed by atoms with Crippen LogP contribution in [0.4, 0.5) is 4.79 Å². The highest BCUT2D eigenvalue weighted by Gasteiger charge is 2.35. The minimum atomic E-state index is -0.489. The maximum absolute atomic E-state index is 12.9. The number of carbonyl (C=O) groups is 2. The number of nitrogens with one attached hydrogen (secondary N) is 1. The summed E-state index contributed by atoms with van der Waals surface area (Å²) in [7, 11) is 0. The van der Waals surface area contributed by atoms with Crippen molar-refractivity contribution in [2.24, 2.45) is 0 Å². The van der Waals surface area contributed by atoms with Gasteiger partial charge in [0, 0.05) is 19.5 Å². The van der Waals surface area contributed by atoms with Gasteiger partial charge in [0.1, 0.15) is 5.60 Å². The van der Waals surface area contributed by atoms with Gasteiger partial charge in [0.25, 0.3) is 0 Å². The summed E-state index contributed by atoms with van der Waals surface area (Å²) in [4.78, 5) is 26.7. The van der Waals surface area contributed by atoms with Gasteiger partial charge in [0.05, 0.1) is 6.04 Å². The van der Waals surface area contributed by atoms with Gasteiger partial charge in [-0.05, 0) is 75.1 Å². The maximum Gasteiger partial charge on any atom is 0.407 e. The van der Waals surface area contributed by atoms with Gasteiger partial charge in [0.2, 0.25) is 5.91 Å². The van der Waals surface area contributed by atoms with Gasteiger partial charge in [-0.3, -0.25) is 4.79 Å². The Morgan fingerprint density at radius 3 is 2.69 bits per heavy atom. The van der Waals surface area contributed by atoms with Crippen LogP contribution in [0.2, 0.25) is 0 Å². The van der Waals surface area contributed by atoms with E-state index in [4.69, 9.17) is 4.74 Å². The Labute approximate surface area is 174 Å².